The van der Waals surface area contributed by atoms with E-state index in [1.54, 1.807) is 0 Å². The van der Waals surface area contributed by atoms with Crippen LogP contribution in [-0.4, -0.2) is 79.0 Å². The molecule has 0 rings (SSSR count). The molecule has 4 atom stereocenters. The zero-order valence-electron chi connectivity index (χ0n) is 12.6. The maximum Gasteiger partial charge on any atom is 0.337 e. The zero-order valence-corrected chi connectivity index (χ0v) is 12.6. The van der Waals surface area contributed by atoms with Crippen molar-refractivity contribution in [2.45, 2.75) is 24.4 Å². The van der Waals surface area contributed by atoms with E-state index in [1.807, 2.05) is 0 Å². The highest BCUT2D eigenvalue weighted by molar-refractivity contribution is 5.77. The van der Waals surface area contributed by atoms with Crippen LogP contribution in [0, 0.1) is 0 Å². The Hall–Kier alpha value is -1.22. The summed E-state index contributed by atoms with van der Waals surface area (Å²) in [6, 6.07) is 0. The Morgan fingerprint density at radius 1 is 0.600 bits per heavy atom. The molecule has 0 unspecified atom stereocenters. The number of carbonyl (C=O) groups excluding carboxylic acids is 2. The predicted molar refractivity (Wildman–Crippen MR) is 67.2 cm³/mol. The highest BCUT2D eigenvalue weighted by atomic mass is 16.6. The molecule has 8 heteroatoms. The van der Waals surface area contributed by atoms with E-state index in [0.29, 0.717) is 0 Å². The van der Waals surface area contributed by atoms with Crippen molar-refractivity contribution in [2.75, 3.05) is 42.7 Å². The monoisotopic (exact) mass is 294 g/mol. The average Bonchev–Trinajstić information content (AvgIpc) is 2.49. The molecular formula is C12H22O8. The molecule has 0 spiro atoms. The van der Waals surface area contributed by atoms with E-state index < -0.39 is 36.4 Å². The Balaban J connectivity index is 5.31. The molecule has 0 radical (unpaired) electrons. The van der Waals surface area contributed by atoms with Gasteiger partial charge in [0.05, 0.1) is 14.2 Å². The second-order valence-corrected chi connectivity index (χ2v) is 3.76. The molecule has 20 heavy (non-hydrogen) atoms. The Bertz CT molecular complexity index is 276. The average molecular weight is 294 g/mol. The molecule has 8 nitrogen and oxygen atoms in total. The zero-order chi connectivity index (χ0) is 15.7. The van der Waals surface area contributed by atoms with Crippen LogP contribution in [0.25, 0.3) is 0 Å². The van der Waals surface area contributed by atoms with E-state index in [0.717, 1.165) is 0 Å². The van der Waals surface area contributed by atoms with Gasteiger partial charge in [-0.2, -0.15) is 0 Å². The second-order valence-electron chi connectivity index (χ2n) is 3.76. The largest absolute Gasteiger partial charge is 0.467 e. The van der Waals surface area contributed by atoms with Gasteiger partial charge in [-0.15, -0.1) is 0 Å². The first-order valence-corrected chi connectivity index (χ1v) is 5.79. The molecule has 0 aromatic rings. The predicted octanol–water partition coefficient (Wildman–Crippen LogP) is -0.608. The standard InChI is InChI=1S/C12H22O8/c1-15-7(9(17-3)11(13)19-5)8(16-2)10(18-4)12(14)20-6/h7-10H,1-6H3/t7-,8-,9-,10+/m0/s1. The molecule has 0 aliphatic heterocycles. The van der Waals surface area contributed by atoms with Crippen LogP contribution in [0.4, 0.5) is 0 Å². The van der Waals surface area contributed by atoms with Crippen LogP contribution in [0.1, 0.15) is 0 Å². The van der Waals surface area contributed by atoms with Crippen molar-refractivity contribution in [2.24, 2.45) is 0 Å². The summed E-state index contributed by atoms with van der Waals surface area (Å²) >= 11 is 0. The number of methoxy groups -OCH3 is 6. The minimum Gasteiger partial charge on any atom is -0.467 e. The summed E-state index contributed by atoms with van der Waals surface area (Å²) in [6.07, 6.45) is -3.97. The summed E-state index contributed by atoms with van der Waals surface area (Å²) in [6.45, 7) is 0. The van der Waals surface area contributed by atoms with Crippen molar-refractivity contribution in [3.8, 4) is 0 Å². The van der Waals surface area contributed by atoms with E-state index in [9.17, 15) is 9.59 Å². The van der Waals surface area contributed by atoms with Crippen LogP contribution in [-0.2, 0) is 38.0 Å². The quantitative estimate of drug-likeness (QED) is 0.520. The first-order valence-electron chi connectivity index (χ1n) is 5.79. The Kier molecular flexibility index (Phi) is 9.06. The summed E-state index contributed by atoms with van der Waals surface area (Å²) in [5.41, 5.74) is 0. The number of carbonyl (C=O) groups is 2. The minimum absolute atomic E-state index is 0.652. The molecule has 0 N–H and O–H groups in total. The molecular weight excluding hydrogens is 272 g/mol. The van der Waals surface area contributed by atoms with Crippen molar-refractivity contribution in [1.29, 1.82) is 0 Å². The maximum absolute atomic E-state index is 11.7. The number of rotatable bonds is 9. The van der Waals surface area contributed by atoms with Crippen LogP contribution >= 0.6 is 0 Å². The summed E-state index contributed by atoms with van der Waals surface area (Å²) in [7, 11) is 7.79. The smallest absolute Gasteiger partial charge is 0.337 e. The molecule has 0 aliphatic carbocycles. The molecule has 0 aromatic heterocycles. The summed E-state index contributed by atoms with van der Waals surface area (Å²) < 4.78 is 29.8. The number of ether oxygens (including phenoxy) is 6. The van der Waals surface area contributed by atoms with E-state index >= 15 is 0 Å². The fraction of sp³-hybridized carbons (Fsp3) is 0.833. The molecule has 0 saturated carbocycles. The summed E-state index contributed by atoms with van der Waals surface area (Å²) in [5, 5.41) is 0. The lowest BCUT2D eigenvalue weighted by atomic mass is 10.0. The topological polar surface area (TPSA) is 89.5 Å². The van der Waals surface area contributed by atoms with E-state index in [1.165, 1.54) is 42.7 Å². The third-order valence-corrected chi connectivity index (χ3v) is 2.84. The summed E-state index contributed by atoms with van der Waals surface area (Å²) in [4.78, 5) is 23.3. The van der Waals surface area contributed by atoms with Gasteiger partial charge in [0.25, 0.3) is 0 Å². The van der Waals surface area contributed by atoms with Crippen molar-refractivity contribution in [3.63, 3.8) is 0 Å². The Labute approximate surface area is 118 Å². The van der Waals surface area contributed by atoms with Gasteiger partial charge >= 0.3 is 11.9 Å². The second kappa shape index (κ2) is 9.65. The number of esters is 2. The van der Waals surface area contributed by atoms with Gasteiger partial charge in [0.1, 0.15) is 12.2 Å². The molecule has 0 bridgehead atoms. The van der Waals surface area contributed by atoms with Crippen LogP contribution in [0.2, 0.25) is 0 Å². The van der Waals surface area contributed by atoms with E-state index in [4.69, 9.17) is 18.9 Å². The van der Waals surface area contributed by atoms with Crippen molar-refractivity contribution in [1.82, 2.24) is 0 Å². The molecule has 0 heterocycles. The molecule has 0 aromatic carbocycles. The third kappa shape index (κ3) is 4.41. The van der Waals surface area contributed by atoms with Gasteiger partial charge in [-0.25, -0.2) is 9.59 Å². The maximum atomic E-state index is 11.7. The lowest BCUT2D eigenvalue weighted by Gasteiger charge is -2.32. The van der Waals surface area contributed by atoms with Gasteiger partial charge in [-0.05, 0) is 0 Å². The fourth-order valence-electron chi connectivity index (χ4n) is 1.82. The van der Waals surface area contributed by atoms with Gasteiger partial charge in [-0.1, -0.05) is 0 Å². The minimum atomic E-state index is -1.07. The van der Waals surface area contributed by atoms with Gasteiger partial charge < -0.3 is 28.4 Å². The van der Waals surface area contributed by atoms with Gasteiger partial charge in [-0.3, -0.25) is 0 Å². The van der Waals surface area contributed by atoms with Crippen molar-refractivity contribution >= 4 is 11.9 Å². The molecule has 0 aliphatic rings. The lowest BCUT2D eigenvalue weighted by Crippen LogP contribution is -2.53. The van der Waals surface area contributed by atoms with Crippen LogP contribution < -0.4 is 0 Å². The fourth-order valence-corrected chi connectivity index (χ4v) is 1.82. The van der Waals surface area contributed by atoms with Crippen LogP contribution in [0.5, 0.6) is 0 Å². The normalized spacial score (nSPS) is 16.9. The highest BCUT2D eigenvalue weighted by Gasteiger charge is 2.43. The van der Waals surface area contributed by atoms with Crippen molar-refractivity contribution < 1.29 is 38.0 Å². The van der Waals surface area contributed by atoms with Gasteiger partial charge in [0.2, 0.25) is 0 Å². The van der Waals surface area contributed by atoms with E-state index in [2.05, 4.69) is 9.47 Å². The third-order valence-electron chi connectivity index (χ3n) is 2.84. The van der Waals surface area contributed by atoms with Crippen molar-refractivity contribution in [3.05, 3.63) is 0 Å². The molecule has 0 fully saturated rings. The van der Waals surface area contributed by atoms with Gasteiger partial charge in [0.15, 0.2) is 12.2 Å². The highest BCUT2D eigenvalue weighted by Crippen LogP contribution is 2.18. The number of hydrogen-bond acceptors (Lipinski definition) is 8. The Morgan fingerprint density at radius 2 is 0.900 bits per heavy atom. The molecule has 118 valence electrons. The first kappa shape index (κ1) is 18.8. The lowest BCUT2D eigenvalue weighted by molar-refractivity contribution is -0.189. The summed E-state index contributed by atoms with van der Waals surface area (Å²) in [5.74, 6) is -1.30. The van der Waals surface area contributed by atoms with Gasteiger partial charge in [0, 0.05) is 28.4 Å². The SMILES string of the molecule is COC(=O)[C@@H](OC)[C@@H](OC)[C@H](OC)[C@@H](OC)C(=O)OC. The van der Waals surface area contributed by atoms with E-state index in [-0.39, 0.29) is 0 Å². The molecule has 0 saturated heterocycles. The first-order chi connectivity index (χ1) is 9.51. The van der Waals surface area contributed by atoms with Crippen LogP contribution in [0.3, 0.4) is 0 Å². The molecule has 0 amide bonds. The number of hydrogen-bond donors (Lipinski definition) is 0. The Morgan fingerprint density at radius 3 is 1.05 bits per heavy atom. The van der Waals surface area contributed by atoms with Crippen LogP contribution in [0.15, 0.2) is 0 Å².